The van der Waals surface area contributed by atoms with Crippen molar-refractivity contribution in [3.63, 3.8) is 0 Å². The van der Waals surface area contributed by atoms with Crippen LogP contribution in [0.3, 0.4) is 0 Å². The highest BCUT2D eigenvalue weighted by atomic mass is 79.9. The number of hydrogen-bond acceptors (Lipinski definition) is 5. The number of nitrogens with one attached hydrogen (secondary N) is 2. The van der Waals surface area contributed by atoms with Crippen LogP contribution in [-0.4, -0.2) is 25.3 Å². The molecule has 0 saturated carbocycles. The monoisotopic (exact) mass is 532 g/mol. The summed E-state index contributed by atoms with van der Waals surface area (Å²) in [7, 11) is 1.09. The molecule has 0 bridgehead atoms. The van der Waals surface area contributed by atoms with Crippen molar-refractivity contribution in [2.24, 2.45) is 0 Å². The van der Waals surface area contributed by atoms with Gasteiger partial charge in [-0.3, -0.25) is 0 Å². The quantitative estimate of drug-likeness (QED) is 0.302. The first-order valence-corrected chi connectivity index (χ1v) is 10.5. The highest BCUT2D eigenvalue weighted by Crippen LogP contribution is 2.42. The summed E-state index contributed by atoms with van der Waals surface area (Å²) >= 11 is 3.85. The number of aromatic hydroxyl groups is 1. The molecule has 0 radical (unpaired) electrons. The number of phenolic OH excluding ortho intramolecular Hbond substituents is 1. The molecule has 3 N–H and O–H groups in total. The van der Waals surface area contributed by atoms with Crippen LogP contribution >= 0.6 is 27.9 Å². The van der Waals surface area contributed by atoms with Gasteiger partial charge in [0, 0.05) is 21.1 Å². The van der Waals surface area contributed by atoms with Gasteiger partial charge in [0.1, 0.15) is 11.5 Å². The van der Waals surface area contributed by atoms with E-state index in [9.17, 15) is 31.4 Å². The lowest BCUT2D eigenvalue weighted by atomic mass is 10.2. The third-order valence-corrected chi connectivity index (χ3v) is 5.91. The molecule has 1 heterocycles. The number of anilines is 1. The summed E-state index contributed by atoms with van der Waals surface area (Å²) in [6.45, 7) is 2.50. The molecule has 0 spiro atoms. The summed E-state index contributed by atoms with van der Waals surface area (Å²) in [5.74, 6) is -1.37. The normalized spacial score (nSPS) is 14.1. The first-order chi connectivity index (χ1) is 14.4. The minimum atomic E-state index is -4.69. The largest absolute Gasteiger partial charge is 0.507 e. The maximum absolute atomic E-state index is 12.9. The van der Waals surface area contributed by atoms with Crippen LogP contribution in [-0.2, 0) is 12.4 Å². The zero-order valence-corrected chi connectivity index (χ0v) is 18.5. The van der Waals surface area contributed by atoms with E-state index >= 15 is 0 Å². The minimum Gasteiger partial charge on any atom is -0.507 e. The molecule has 1 fully saturated rings. The van der Waals surface area contributed by atoms with Gasteiger partial charge in [0.2, 0.25) is 0 Å². The lowest BCUT2D eigenvalue weighted by Gasteiger charge is -2.15. The fourth-order valence-electron chi connectivity index (χ4n) is 2.58. The Morgan fingerprint density at radius 2 is 1.61 bits per heavy atom. The minimum absolute atomic E-state index is 0.110. The average molecular weight is 533 g/mol. The van der Waals surface area contributed by atoms with Crippen LogP contribution in [0.25, 0.3) is 0 Å². The average Bonchev–Trinajstić information content (AvgIpc) is 3.25. The van der Waals surface area contributed by atoms with E-state index in [4.69, 9.17) is 4.74 Å². The number of methoxy groups -OCH3 is 1. The Kier molecular flexibility index (Phi) is 8.78. The van der Waals surface area contributed by atoms with Gasteiger partial charge in [-0.05, 0) is 78.1 Å². The van der Waals surface area contributed by atoms with Crippen LogP contribution in [0.15, 0.2) is 39.7 Å². The summed E-state index contributed by atoms with van der Waals surface area (Å²) in [6, 6.07) is 4.62. The SMILES string of the molecule is C1CCNC1.COc1cc(SNc2ccc(C(F)(F)F)c(O)c2)c(Br)cc1C(F)(F)F. The number of halogens is 7. The predicted octanol–water partition coefficient (Wildman–Crippen LogP) is 6.69. The molecule has 1 aliphatic heterocycles. The number of hydrogen-bond donors (Lipinski definition) is 3. The lowest BCUT2D eigenvalue weighted by molar-refractivity contribution is -0.139. The molecule has 0 amide bonds. The van der Waals surface area contributed by atoms with Crippen LogP contribution in [0.1, 0.15) is 24.0 Å². The van der Waals surface area contributed by atoms with E-state index in [0.29, 0.717) is 11.0 Å². The molecule has 0 unspecified atom stereocenters. The summed E-state index contributed by atoms with van der Waals surface area (Å²) in [5.41, 5.74) is -2.03. The Bertz CT molecular complexity index is 881. The fourth-order valence-corrected chi connectivity index (χ4v) is 3.84. The van der Waals surface area contributed by atoms with Crippen molar-refractivity contribution < 1.29 is 36.2 Å². The number of phenols is 1. The summed E-state index contributed by atoms with van der Waals surface area (Å²) in [5, 5.41) is 12.7. The zero-order chi connectivity index (χ0) is 23.2. The zero-order valence-electron chi connectivity index (χ0n) is 16.1. The molecule has 2 aromatic carbocycles. The first-order valence-electron chi connectivity index (χ1n) is 8.92. The molecule has 0 aromatic heterocycles. The third kappa shape index (κ3) is 7.39. The number of rotatable bonds is 4. The summed E-state index contributed by atoms with van der Waals surface area (Å²) < 4.78 is 84.1. The van der Waals surface area contributed by atoms with E-state index in [2.05, 4.69) is 26.0 Å². The van der Waals surface area contributed by atoms with Gasteiger partial charge < -0.3 is 19.9 Å². The van der Waals surface area contributed by atoms with Gasteiger partial charge in [-0.15, -0.1) is 0 Å². The van der Waals surface area contributed by atoms with E-state index in [1.165, 1.54) is 25.9 Å². The molecule has 1 saturated heterocycles. The smallest absolute Gasteiger partial charge is 0.420 e. The summed E-state index contributed by atoms with van der Waals surface area (Å²) in [6.07, 6.45) is -6.52. The standard InChI is InChI=1S/C15H10BrF6NO2S.C4H9N/c1-25-12-6-13(10(16)5-9(12)15(20,21)22)26-23-7-2-3-8(11(24)4-7)14(17,18)19;1-2-4-5-3-1/h2-6,23-24H,1H3;5H,1-4H2. The number of benzene rings is 2. The van der Waals surface area contributed by atoms with Crippen molar-refractivity contribution in [1.82, 2.24) is 5.32 Å². The van der Waals surface area contributed by atoms with Gasteiger partial charge in [-0.1, -0.05) is 0 Å². The molecule has 172 valence electrons. The molecule has 0 atom stereocenters. The van der Waals surface area contributed by atoms with Crippen LogP contribution < -0.4 is 14.8 Å². The lowest BCUT2D eigenvalue weighted by Crippen LogP contribution is -2.08. The van der Waals surface area contributed by atoms with Crippen molar-refractivity contribution >= 4 is 33.6 Å². The molecule has 3 rings (SSSR count). The van der Waals surface area contributed by atoms with Gasteiger partial charge in [0.25, 0.3) is 0 Å². The van der Waals surface area contributed by atoms with Gasteiger partial charge in [-0.2, -0.15) is 26.3 Å². The highest BCUT2D eigenvalue weighted by molar-refractivity contribution is 9.10. The molecular weight excluding hydrogens is 514 g/mol. The molecule has 2 aromatic rings. The molecular formula is C19H19BrF6N2O2S. The second kappa shape index (κ2) is 10.7. The Morgan fingerprint density at radius 3 is 2.06 bits per heavy atom. The Morgan fingerprint density at radius 1 is 1.00 bits per heavy atom. The van der Waals surface area contributed by atoms with Gasteiger partial charge in [0.05, 0.1) is 18.2 Å². The van der Waals surface area contributed by atoms with Gasteiger partial charge in [0.15, 0.2) is 0 Å². The number of alkyl halides is 6. The van der Waals surface area contributed by atoms with Crippen LogP contribution in [0.4, 0.5) is 32.0 Å². The second-order valence-electron chi connectivity index (χ2n) is 6.37. The topological polar surface area (TPSA) is 53.5 Å². The molecule has 4 nitrogen and oxygen atoms in total. The summed E-state index contributed by atoms with van der Waals surface area (Å²) in [4.78, 5) is 0.300. The van der Waals surface area contributed by atoms with E-state index in [0.717, 1.165) is 43.3 Å². The molecule has 0 aliphatic carbocycles. The molecule has 31 heavy (non-hydrogen) atoms. The van der Waals surface area contributed by atoms with Crippen molar-refractivity contribution in [1.29, 1.82) is 0 Å². The van der Waals surface area contributed by atoms with Gasteiger partial charge in [-0.25, -0.2) is 0 Å². The molecule has 1 aliphatic rings. The van der Waals surface area contributed by atoms with Crippen LogP contribution in [0.2, 0.25) is 0 Å². The predicted molar refractivity (Wildman–Crippen MR) is 110 cm³/mol. The van der Waals surface area contributed by atoms with Crippen molar-refractivity contribution in [3.8, 4) is 11.5 Å². The van der Waals surface area contributed by atoms with Crippen molar-refractivity contribution in [2.45, 2.75) is 30.1 Å². The first kappa shape index (κ1) is 25.5. The van der Waals surface area contributed by atoms with Crippen LogP contribution in [0, 0.1) is 0 Å². The van der Waals surface area contributed by atoms with Crippen LogP contribution in [0.5, 0.6) is 11.5 Å². The van der Waals surface area contributed by atoms with Gasteiger partial charge >= 0.3 is 12.4 Å². The van der Waals surface area contributed by atoms with Crippen molar-refractivity contribution in [3.05, 3.63) is 45.9 Å². The number of ether oxygens (including phenoxy) is 1. The third-order valence-electron chi connectivity index (χ3n) is 4.10. The fraction of sp³-hybridized carbons (Fsp3) is 0.368. The molecule has 12 heteroatoms. The maximum Gasteiger partial charge on any atom is 0.420 e. The van der Waals surface area contributed by atoms with E-state index in [1.807, 2.05) is 0 Å². The highest BCUT2D eigenvalue weighted by Gasteiger charge is 2.35. The van der Waals surface area contributed by atoms with E-state index in [1.54, 1.807) is 0 Å². The van der Waals surface area contributed by atoms with E-state index in [-0.39, 0.29) is 10.2 Å². The Balaban J connectivity index is 0.000000597. The maximum atomic E-state index is 12.9. The Hall–Kier alpha value is -1.79. The Labute approximate surface area is 187 Å². The second-order valence-corrected chi connectivity index (χ2v) is 8.07. The van der Waals surface area contributed by atoms with Crippen molar-refractivity contribution in [2.75, 3.05) is 24.9 Å². The van der Waals surface area contributed by atoms with E-state index < -0.39 is 35.0 Å².